The number of hydrogen-bond acceptors (Lipinski definition) is 4. The molecule has 0 radical (unpaired) electrons. The van der Waals surface area contributed by atoms with E-state index in [9.17, 15) is 4.79 Å². The van der Waals surface area contributed by atoms with Crippen LogP contribution in [-0.4, -0.2) is 33.1 Å². The minimum Gasteiger partial charge on any atom is -0.313 e. The second-order valence-electron chi connectivity index (χ2n) is 5.88. The first kappa shape index (κ1) is 16.6. The molecule has 1 atom stereocenters. The number of aromatic amines is 1. The summed E-state index contributed by atoms with van der Waals surface area (Å²) in [6.45, 7) is 6.11. The number of aromatic nitrogens is 3. The van der Waals surface area contributed by atoms with Gasteiger partial charge in [-0.3, -0.25) is 4.57 Å². The zero-order valence-electron chi connectivity index (χ0n) is 13.2. The summed E-state index contributed by atoms with van der Waals surface area (Å²) < 4.78 is 1.76. The molecule has 2 rings (SSSR count). The molecule has 1 saturated carbocycles. The van der Waals surface area contributed by atoms with Crippen molar-refractivity contribution in [1.82, 2.24) is 20.1 Å². The summed E-state index contributed by atoms with van der Waals surface area (Å²) in [5.74, 6) is 1.79. The van der Waals surface area contributed by atoms with E-state index >= 15 is 0 Å². The summed E-state index contributed by atoms with van der Waals surface area (Å²) in [4.78, 5) is 11.7. The van der Waals surface area contributed by atoms with Crippen LogP contribution in [0.3, 0.4) is 0 Å². The zero-order valence-corrected chi connectivity index (χ0v) is 14.0. The molecule has 0 amide bonds. The predicted molar refractivity (Wildman–Crippen MR) is 87.9 cm³/mol. The first-order valence-electron chi connectivity index (χ1n) is 8.27. The lowest BCUT2D eigenvalue weighted by Crippen LogP contribution is -2.38. The van der Waals surface area contributed by atoms with E-state index in [0.717, 1.165) is 42.8 Å². The maximum Gasteiger partial charge on any atom is 0.343 e. The summed E-state index contributed by atoms with van der Waals surface area (Å²) >= 11 is 1.71. The van der Waals surface area contributed by atoms with Crippen LogP contribution < -0.4 is 11.0 Å². The maximum absolute atomic E-state index is 11.7. The second kappa shape index (κ2) is 8.63. The molecule has 0 aliphatic heterocycles. The van der Waals surface area contributed by atoms with E-state index in [-0.39, 0.29) is 5.69 Å². The van der Waals surface area contributed by atoms with Crippen molar-refractivity contribution >= 4 is 11.8 Å². The van der Waals surface area contributed by atoms with E-state index in [1.54, 1.807) is 16.3 Å². The topological polar surface area (TPSA) is 62.7 Å². The average molecular weight is 312 g/mol. The highest BCUT2D eigenvalue weighted by Crippen LogP contribution is 2.30. The van der Waals surface area contributed by atoms with Crippen molar-refractivity contribution in [2.45, 2.75) is 70.1 Å². The number of nitrogens with one attached hydrogen (secondary N) is 2. The number of nitrogens with zero attached hydrogens (tertiary/aromatic N) is 2. The molecule has 1 aliphatic carbocycles. The van der Waals surface area contributed by atoms with Crippen molar-refractivity contribution in [3.05, 3.63) is 10.5 Å². The van der Waals surface area contributed by atoms with Gasteiger partial charge in [0, 0.05) is 18.3 Å². The molecule has 6 heteroatoms. The predicted octanol–water partition coefficient (Wildman–Crippen LogP) is 2.63. The summed E-state index contributed by atoms with van der Waals surface area (Å²) in [6.07, 6.45) is 7.52. The van der Waals surface area contributed by atoms with Crippen molar-refractivity contribution in [3.8, 4) is 0 Å². The van der Waals surface area contributed by atoms with Gasteiger partial charge in [-0.15, -0.1) is 5.10 Å². The van der Waals surface area contributed by atoms with Crippen LogP contribution in [0.25, 0.3) is 0 Å². The molecule has 1 aromatic heterocycles. The molecule has 1 unspecified atom stereocenters. The molecule has 1 heterocycles. The van der Waals surface area contributed by atoms with E-state index in [1.165, 1.54) is 25.7 Å². The number of hydrogen-bond donors (Lipinski definition) is 2. The fourth-order valence-electron chi connectivity index (χ4n) is 3.05. The fraction of sp³-hybridized carbons (Fsp3) is 0.867. The molecular formula is C15H28N4OS. The van der Waals surface area contributed by atoms with Gasteiger partial charge >= 0.3 is 5.69 Å². The lowest BCUT2D eigenvalue weighted by Gasteiger charge is -2.24. The molecule has 0 aromatic carbocycles. The zero-order chi connectivity index (χ0) is 15.1. The first-order valence-corrected chi connectivity index (χ1v) is 9.26. The number of rotatable bonds is 9. The monoisotopic (exact) mass is 312 g/mol. The van der Waals surface area contributed by atoms with Crippen LogP contribution in [0.5, 0.6) is 0 Å². The SMILES string of the molecule is CCCNC(CSc1n[nH]c(=O)n1CCC)C1CCCC1. The molecular weight excluding hydrogens is 284 g/mol. The van der Waals surface area contributed by atoms with Gasteiger partial charge in [-0.1, -0.05) is 38.5 Å². The third kappa shape index (κ3) is 4.61. The van der Waals surface area contributed by atoms with Gasteiger partial charge in [-0.2, -0.15) is 0 Å². The van der Waals surface area contributed by atoms with Gasteiger partial charge < -0.3 is 5.32 Å². The molecule has 120 valence electrons. The molecule has 5 nitrogen and oxygen atoms in total. The van der Waals surface area contributed by atoms with Crippen LogP contribution >= 0.6 is 11.8 Å². The Balaban J connectivity index is 1.95. The summed E-state index contributed by atoms with van der Waals surface area (Å²) in [5.41, 5.74) is -0.0849. The Hall–Kier alpha value is -0.750. The highest BCUT2D eigenvalue weighted by Gasteiger charge is 2.25. The van der Waals surface area contributed by atoms with Crippen molar-refractivity contribution in [3.63, 3.8) is 0 Å². The minimum atomic E-state index is -0.0849. The van der Waals surface area contributed by atoms with E-state index < -0.39 is 0 Å². The maximum atomic E-state index is 11.7. The van der Waals surface area contributed by atoms with Gasteiger partial charge in [-0.25, -0.2) is 9.89 Å². The quantitative estimate of drug-likeness (QED) is 0.688. The Morgan fingerprint density at radius 1 is 1.38 bits per heavy atom. The molecule has 0 saturated heterocycles. The standard InChI is InChI=1S/C15H28N4OS/c1-3-9-16-13(12-7-5-6-8-12)11-21-15-18-17-14(20)19(15)10-4-2/h12-13,16H,3-11H2,1-2H3,(H,17,20). The van der Waals surface area contributed by atoms with E-state index in [4.69, 9.17) is 0 Å². The Morgan fingerprint density at radius 2 is 2.14 bits per heavy atom. The van der Waals surface area contributed by atoms with E-state index in [0.29, 0.717) is 6.04 Å². The number of thioether (sulfide) groups is 1. The molecule has 21 heavy (non-hydrogen) atoms. The highest BCUT2D eigenvalue weighted by molar-refractivity contribution is 7.99. The smallest absolute Gasteiger partial charge is 0.313 e. The first-order chi connectivity index (χ1) is 10.3. The van der Waals surface area contributed by atoms with Gasteiger partial charge in [0.15, 0.2) is 5.16 Å². The Bertz CT molecular complexity index is 464. The van der Waals surface area contributed by atoms with Crippen LogP contribution in [0.4, 0.5) is 0 Å². The van der Waals surface area contributed by atoms with Crippen molar-refractivity contribution in [2.75, 3.05) is 12.3 Å². The minimum absolute atomic E-state index is 0.0849. The summed E-state index contributed by atoms with van der Waals surface area (Å²) in [7, 11) is 0. The normalized spacial score (nSPS) is 17.4. The largest absolute Gasteiger partial charge is 0.343 e. The lowest BCUT2D eigenvalue weighted by molar-refractivity contribution is 0.387. The van der Waals surface area contributed by atoms with Gasteiger partial charge in [0.2, 0.25) is 0 Å². The molecule has 1 aliphatic rings. The Labute approximate surface area is 131 Å². The van der Waals surface area contributed by atoms with E-state index in [2.05, 4.69) is 29.4 Å². The third-order valence-electron chi connectivity index (χ3n) is 4.19. The van der Waals surface area contributed by atoms with Crippen LogP contribution in [0.1, 0.15) is 52.4 Å². The highest BCUT2D eigenvalue weighted by atomic mass is 32.2. The van der Waals surface area contributed by atoms with Crippen LogP contribution in [0.15, 0.2) is 9.95 Å². The molecule has 0 bridgehead atoms. The lowest BCUT2D eigenvalue weighted by atomic mass is 10.00. The van der Waals surface area contributed by atoms with Gasteiger partial charge in [0.1, 0.15) is 0 Å². The van der Waals surface area contributed by atoms with Gasteiger partial charge in [0.25, 0.3) is 0 Å². The Kier molecular flexibility index (Phi) is 6.83. The molecule has 0 spiro atoms. The summed E-state index contributed by atoms with van der Waals surface area (Å²) in [6, 6.07) is 0.541. The van der Waals surface area contributed by atoms with Crippen LogP contribution in [-0.2, 0) is 6.54 Å². The average Bonchev–Trinajstić information content (AvgIpc) is 3.12. The molecule has 1 aromatic rings. The molecule has 2 N–H and O–H groups in total. The van der Waals surface area contributed by atoms with Crippen molar-refractivity contribution in [1.29, 1.82) is 0 Å². The molecule has 1 fully saturated rings. The summed E-state index contributed by atoms with van der Waals surface area (Å²) in [5, 5.41) is 11.3. The van der Waals surface area contributed by atoms with Crippen molar-refractivity contribution < 1.29 is 0 Å². The second-order valence-corrected chi connectivity index (χ2v) is 6.87. The van der Waals surface area contributed by atoms with E-state index in [1.807, 2.05) is 0 Å². The fourth-order valence-corrected chi connectivity index (χ4v) is 4.21. The third-order valence-corrected chi connectivity index (χ3v) is 5.28. The number of H-pyrrole nitrogens is 1. The van der Waals surface area contributed by atoms with Crippen LogP contribution in [0.2, 0.25) is 0 Å². The van der Waals surface area contributed by atoms with Crippen molar-refractivity contribution in [2.24, 2.45) is 5.92 Å². The Morgan fingerprint density at radius 3 is 2.81 bits per heavy atom. The van der Waals surface area contributed by atoms with Gasteiger partial charge in [-0.05, 0) is 38.1 Å². The van der Waals surface area contributed by atoms with Crippen LogP contribution in [0, 0.1) is 5.92 Å². The van der Waals surface area contributed by atoms with Gasteiger partial charge in [0.05, 0.1) is 0 Å².